The summed E-state index contributed by atoms with van der Waals surface area (Å²) in [5.41, 5.74) is 1.85. The molecular weight excluding hydrogens is 305 g/mol. The third kappa shape index (κ3) is 2.38. The zero-order valence-electron chi connectivity index (χ0n) is 12.0. The molecule has 3 atom stereocenters. The topological polar surface area (TPSA) is 42.0 Å². The van der Waals surface area contributed by atoms with Crippen molar-refractivity contribution in [3.63, 3.8) is 0 Å². The SMILES string of the molecule is O=C(Nc1ccc(C(F)(F)F)nc1)C1C2Cc3ccccc3C21. The number of benzene rings is 1. The molecule has 0 spiro atoms. The van der Waals surface area contributed by atoms with Crippen molar-refractivity contribution in [2.45, 2.75) is 18.5 Å². The van der Waals surface area contributed by atoms with Crippen LogP contribution >= 0.6 is 0 Å². The average molecular weight is 318 g/mol. The maximum absolute atomic E-state index is 12.5. The molecule has 0 radical (unpaired) electrons. The zero-order valence-corrected chi connectivity index (χ0v) is 12.0. The molecule has 3 unspecified atom stereocenters. The van der Waals surface area contributed by atoms with Gasteiger partial charge in [-0.25, -0.2) is 4.98 Å². The van der Waals surface area contributed by atoms with Crippen LogP contribution in [0.3, 0.4) is 0 Å². The number of amides is 1. The molecule has 1 saturated carbocycles. The van der Waals surface area contributed by atoms with E-state index in [1.807, 2.05) is 18.2 Å². The van der Waals surface area contributed by atoms with Crippen molar-refractivity contribution in [3.05, 3.63) is 59.4 Å². The average Bonchev–Trinajstić information content (AvgIpc) is 3.10. The van der Waals surface area contributed by atoms with Crippen LogP contribution in [-0.2, 0) is 17.4 Å². The molecule has 3 nitrogen and oxygen atoms in total. The molecule has 6 heteroatoms. The van der Waals surface area contributed by atoms with E-state index in [2.05, 4.69) is 16.4 Å². The van der Waals surface area contributed by atoms with Crippen molar-refractivity contribution in [3.8, 4) is 0 Å². The highest BCUT2D eigenvalue weighted by atomic mass is 19.4. The zero-order chi connectivity index (χ0) is 16.2. The highest BCUT2D eigenvalue weighted by Gasteiger charge is 2.59. The second kappa shape index (κ2) is 4.81. The molecule has 1 heterocycles. The van der Waals surface area contributed by atoms with Crippen LogP contribution in [0.15, 0.2) is 42.6 Å². The van der Waals surface area contributed by atoms with Gasteiger partial charge in [-0.2, -0.15) is 13.2 Å². The van der Waals surface area contributed by atoms with Crippen LogP contribution in [0.25, 0.3) is 0 Å². The van der Waals surface area contributed by atoms with Crippen molar-refractivity contribution in [2.24, 2.45) is 11.8 Å². The van der Waals surface area contributed by atoms with E-state index in [-0.39, 0.29) is 17.7 Å². The lowest BCUT2D eigenvalue weighted by molar-refractivity contribution is -0.141. The summed E-state index contributed by atoms with van der Waals surface area (Å²) in [5.74, 6) is 0.326. The Morgan fingerprint density at radius 1 is 1.17 bits per heavy atom. The van der Waals surface area contributed by atoms with Crippen molar-refractivity contribution in [1.82, 2.24) is 4.98 Å². The van der Waals surface area contributed by atoms with E-state index in [9.17, 15) is 18.0 Å². The van der Waals surface area contributed by atoms with Gasteiger partial charge in [0.25, 0.3) is 0 Å². The molecule has 2 aromatic rings. The summed E-state index contributed by atoms with van der Waals surface area (Å²) in [5, 5.41) is 2.67. The number of pyridine rings is 1. The maximum atomic E-state index is 12.5. The minimum Gasteiger partial charge on any atom is -0.324 e. The molecule has 1 amide bonds. The first kappa shape index (κ1) is 14.2. The number of nitrogens with one attached hydrogen (secondary N) is 1. The Morgan fingerprint density at radius 2 is 1.96 bits per heavy atom. The van der Waals surface area contributed by atoms with Crippen LogP contribution < -0.4 is 5.32 Å². The number of fused-ring (bicyclic) bond motifs is 3. The third-order valence-electron chi connectivity index (χ3n) is 4.66. The van der Waals surface area contributed by atoms with Gasteiger partial charge in [-0.05, 0) is 41.5 Å². The fourth-order valence-electron chi connectivity index (χ4n) is 3.57. The second-order valence-corrected chi connectivity index (χ2v) is 6.04. The fourth-order valence-corrected chi connectivity index (χ4v) is 3.57. The Balaban J connectivity index is 1.45. The monoisotopic (exact) mass is 318 g/mol. The van der Waals surface area contributed by atoms with Crippen molar-refractivity contribution in [1.29, 1.82) is 0 Å². The number of rotatable bonds is 2. The summed E-state index contributed by atoms with van der Waals surface area (Å²) in [6.45, 7) is 0. The number of halogens is 3. The third-order valence-corrected chi connectivity index (χ3v) is 4.66. The molecule has 0 saturated heterocycles. The van der Waals surface area contributed by atoms with Crippen molar-refractivity contribution in [2.75, 3.05) is 5.32 Å². The number of hydrogen-bond acceptors (Lipinski definition) is 2. The molecule has 0 bridgehead atoms. The smallest absolute Gasteiger partial charge is 0.324 e. The normalized spacial score (nSPS) is 24.7. The number of hydrogen-bond donors (Lipinski definition) is 1. The van der Waals surface area contributed by atoms with Crippen LogP contribution in [-0.4, -0.2) is 10.9 Å². The number of anilines is 1. The van der Waals surface area contributed by atoms with Gasteiger partial charge in [0.05, 0.1) is 11.9 Å². The van der Waals surface area contributed by atoms with Gasteiger partial charge in [0.15, 0.2) is 0 Å². The molecule has 0 aliphatic heterocycles. The van der Waals surface area contributed by atoms with Gasteiger partial charge in [0.2, 0.25) is 5.91 Å². The minimum absolute atomic E-state index is 0.0906. The summed E-state index contributed by atoms with van der Waals surface area (Å²) in [6, 6.07) is 10.2. The van der Waals surface area contributed by atoms with Crippen LogP contribution in [0.2, 0.25) is 0 Å². The Kier molecular flexibility index (Phi) is 2.98. The molecule has 1 aromatic heterocycles. The minimum atomic E-state index is -4.47. The lowest BCUT2D eigenvalue weighted by Gasteiger charge is -2.10. The summed E-state index contributed by atoms with van der Waals surface area (Å²) < 4.78 is 37.4. The molecule has 1 fully saturated rings. The van der Waals surface area contributed by atoms with E-state index in [1.54, 1.807) is 0 Å². The Bertz CT molecular complexity index is 770. The standard InChI is InChI=1S/C17H13F3N2O/c18-17(19,20)13-6-5-10(8-21-13)22-16(23)15-12-7-9-3-1-2-4-11(9)14(12)15/h1-6,8,12,14-15H,7H2,(H,22,23). The first-order chi connectivity index (χ1) is 10.9. The summed E-state index contributed by atoms with van der Waals surface area (Å²) in [4.78, 5) is 15.7. The molecule has 118 valence electrons. The van der Waals surface area contributed by atoms with Gasteiger partial charge in [0, 0.05) is 5.92 Å². The molecule has 4 rings (SSSR count). The molecule has 2 aliphatic rings. The lowest BCUT2D eigenvalue weighted by Crippen LogP contribution is -2.17. The first-order valence-corrected chi connectivity index (χ1v) is 7.37. The lowest BCUT2D eigenvalue weighted by atomic mass is 10.0. The van der Waals surface area contributed by atoms with E-state index in [0.29, 0.717) is 11.6 Å². The van der Waals surface area contributed by atoms with Crippen molar-refractivity contribution < 1.29 is 18.0 Å². The number of aromatic nitrogens is 1. The summed E-state index contributed by atoms with van der Waals surface area (Å²) in [7, 11) is 0. The Hall–Kier alpha value is -2.37. The quantitative estimate of drug-likeness (QED) is 0.919. The van der Waals surface area contributed by atoms with Crippen molar-refractivity contribution >= 4 is 11.6 Å². The van der Waals surface area contributed by atoms with Gasteiger partial charge < -0.3 is 5.32 Å². The fraction of sp³-hybridized carbons (Fsp3) is 0.294. The molecule has 1 N–H and O–H groups in total. The number of alkyl halides is 3. The number of carbonyl (C=O) groups excluding carboxylic acids is 1. The predicted octanol–water partition coefficient (Wildman–Crippen LogP) is 3.62. The molecule has 23 heavy (non-hydrogen) atoms. The maximum Gasteiger partial charge on any atom is 0.433 e. The van der Waals surface area contributed by atoms with Gasteiger partial charge in [-0.15, -0.1) is 0 Å². The number of carbonyl (C=O) groups is 1. The van der Waals surface area contributed by atoms with E-state index in [0.717, 1.165) is 18.7 Å². The van der Waals surface area contributed by atoms with E-state index < -0.39 is 11.9 Å². The first-order valence-electron chi connectivity index (χ1n) is 7.37. The molecule has 2 aliphatic carbocycles. The summed E-state index contributed by atoms with van der Waals surface area (Å²) in [6.07, 6.45) is -2.53. The van der Waals surface area contributed by atoms with E-state index >= 15 is 0 Å². The molecular formula is C17H13F3N2O. The van der Waals surface area contributed by atoms with Gasteiger partial charge in [-0.1, -0.05) is 24.3 Å². The van der Waals surface area contributed by atoms with E-state index in [4.69, 9.17) is 0 Å². The predicted molar refractivity (Wildman–Crippen MR) is 77.7 cm³/mol. The Labute approximate surface area is 130 Å². The van der Waals surface area contributed by atoms with Crippen LogP contribution in [0, 0.1) is 11.8 Å². The largest absolute Gasteiger partial charge is 0.433 e. The number of nitrogens with zero attached hydrogens (tertiary/aromatic N) is 1. The highest BCUT2D eigenvalue weighted by Crippen LogP contribution is 2.61. The highest BCUT2D eigenvalue weighted by molar-refractivity contribution is 5.96. The van der Waals surface area contributed by atoms with Crippen LogP contribution in [0.5, 0.6) is 0 Å². The molecule has 1 aromatic carbocycles. The van der Waals surface area contributed by atoms with Gasteiger partial charge in [0.1, 0.15) is 5.69 Å². The van der Waals surface area contributed by atoms with Crippen LogP contribution in [0.4, 0.5) is 18.9 Å². The van der Waals surface area contributed by atoms with Gasteiger partial charge in [-0.3, -0.25) is 4.79 Å². The van der Waals surface area contributed by atoms with Gasteiger partial charge >= 0.3 is 6.18 Å². The second-order valence-electron chi connectivity index (χ2n) is 6.04. The summed E-state index contributed by atoms with van der Waals surface area (Å²) >= 11 is 0. The van der Waals surface area contributed by atoms with Crippen LogP contribution in [0.1, 0.15) is 22.7 Å². The van der Waals surface area contributed by atoms with E-state index in [1.165, 1.54) is 17.2 Å². The Morgan fingerprint density at radius 3 is 2.65 bits per heavy atom.